The SMILES string of the molecule is CC(C)[C@@H]([C@@H](CN)CO)N1CCOCC1. The smallest absolute Gasteiger partial charge is 0.0594 e. The number of hydrogen-bond acceptors (Lipinski definition) is 4. The molecule has 0 amide bonds. The quantitative estimate of drug-likeness (QED) is 0.674. The second-order valence-corrected chi connectivity index (χ2v) is 4.56. The van der Waals surface area contributed by atoms with Crippen molar-refractivity contribution < 1.29 is 9.84 Å². The first-order valence-corrected chi connectivity index (χ1v) is 5.83. The second kappa shape index (κ2) is 6.43. The first-order valence-electron chi connectivity index (χ1n) is 5.83. The van der Waals surface area contributed by atoms with E-state index in [0.717, 1.165) is 26.3 Å². The lowest BCUT2D eigenvalue weighted by Crippen LogP contribution is -2.52. The van der Waals surface area contributed by atoms with E-state index >= 15 is 0 Å². The molecule has 1 saturated heterocycles. The Balaban J connectivity index is 2.62. The molecule has 90 valence electrons. The minimum Gasteiger partial charge on any atom is -0.396 e. The topological polar surface area (TPSA) is 58.7 Å². The van der Waals surface area contributed by atoms with Gasteiger partial charge in [0.25, 0.3) is 0 Å². The molecule has 1 rings (SSSR count). The predicted octanol–water partition coefficient (Wildman–Crippen LogP) is -0.0896. The summed E-state index contributed by atoms with van der Waals surface area (Å²) in [7, 11) is 0. The molecule has 0 aromatic carbocycles. The highest BCUT2D eigenvalue weighted by molar-refractivity contribution is 4.83. The molecule has 15 heavy (non-hydrogen) atoms. The maximum atomic E-state index is 9.34. The van der Waals surface area contributed by atoms with Crippen molar-refractivity contribution in [2.24, 2.45) is 17.6 Å². The molecule has 2 atom stereocenters. The Bertz CT molecular complexity index is 166. The second-order valence-electron chi connectivity index (χ2n) is 4.56. The van der Waals surface area contributed by atoms with Gasteiger partial charge in [-0.1, -0.05) is 13.8 Å². The van der Waals surface area contributed by atoms with Crippen LogP contribution in [0.25, 0.3) is 0 Å². The van der Waals surface area contributed by atoms with Gasteiger partial charge in [0.2, 0.25) is 0 Å². The molecule has 1 heterocycles. The van der Waals surface area contributed by atoms with Gasteiger partial charge in [0.15, 0.2) is 0 Å². The lowest BCUT2D eigenvalue weighted by molar-refractivity contribution is -0.0173. The van der Waals surface area contributed by atoms with Gasteiger partial charge in [0.1, 0.15) is 0 Å². The molecule has 4 heteroatoms. The number of ether oxygens (including phenoxy) is 1. The number of morpholine rings is 1. The van der Waals surface area contributed by atoms with Crippen LogP contribution in [0.5, 0.6) is 0 Å². The summed E-state index contributed by atoms with van der Waals surface area (Å²) in [5.74, 6) is 0.701. The summed E-state index contributed by atoms with van der Waals surface area (Å²) in [5.41, 5.74) is 5.71. The zero-order chi connectivity index (χ0) is 11.3. The Hall–Kier alpha value is -0.160. The summed E-state index contributed by atoms with van der Waals surface area (Å²) in [5, 5.41) is 9.34. The molecule has 0 radical (unpaired) electrons. The molecule has 0 aromatic rings. The minimum absolute atomic E-state index is 0.177. The Morgan fingerprint density at radius 2 is 1.93 bits per heavy atom. The van der Waals surface area contributed by atoms with Crippen LogP contribution in [0.15, 0.2) is 0 Å². The van der Waals surface area contributed by atoms with Crippen LogP contribution in [0, 0.1) is 11.8 Å². The lowest BCUT2D eigenvalue weighted by atomic mass is 9.89. The largest absolute Gasteiger partial charge is 0.396 e. The summed E-state index contributed by atoms with van der Waals surface area (Å²) < 4.78 is 5.34. The molecular weight excluding hydrogens is 192 g/mol. The average Bonchev–Trinajstić information content (AvgIpc) is 2.26. The average molecular weight is 216 g/mol. The van der Waals surface area contributed by atoms with Crippen LogP contribution in [0.1, 0.15) is 13.8 Å². The molecule has 0 aliphatic carbocycles. The lowest BCUT2D eigenvalue weighted by Gasteiger charge is -2.40. The normalized spacial score (nSPS) is 23.0. The first-order chi connectivity index (χ1) is 7.20. The number of hydrogen-bond donors (Lipinski definition) is 2. The Morgan fingerprint density at radius 3 is 2.33 bits per heavy atom. The molecule has 1 fully saturated rings. The third-order valence-corrected chi connectivity index (χ3v) is 3.17. The van der Waals surface area contributed by atoms with Gasteiger partial charge >= 0.3 is 0 Å². The molecule has 1 aliphatic heterocycles. The van der Waals surface area contributed by atoms with Crippen LogP contribution < -0.4 is 5.73 Å². The van der Waals surface area contributed by atoms with Crippen LogP contribution in [0.4, 0.5) is 0 Å². The summed E-state index contributed by atoms with van der Waals surface area (Å²) in [6, 6.07) is 0.379. The summed E-state index contributed by atoms with van der Waals surface area (Å²) in [6.45, 7) is 8.63. The van der Waals surface area contributed by atoms with Crippen LogP contribution >= 0.6 is 0 Å². The summed E-state index contributed by atoms with van der Waals surface area (Å²) in [4.78, 5) is 2.40. The molecule has 0 saturated carbocycles. The van der Waals surface area contributed by atoms with E-state index in [2.05, 4.69) is 18.7 Å². The van der Waals surface area contributed by atoms with Crippen molar-refractivity contribution in [1.29, 1.82) is 0 Å². The van der Waals surface area contributed by atoms with E-state index in [-0.39, 0.29) is 12.5 Å². The van der Waals surface area contributed by atoms with Crippen molar-refractivity contribution in [2.45, 2.75) is 19.9 Å². The number of rotatable bonds is 5. The fourth-order valence-corrected chi connectivity index (χ4v) is 2.46. The highest BCUT2D eigenvalue weighted by atomic mass is 16.5. The third-order valence-electron chi connectivity index (χ3n) is 3.17. The van der Waals surface area contributed by atoms with Gasteiger partial charge in [-0.15, -0.1) is 0 Å². The molecule has 4 nitrogen and oxygen atoms in total. The van der Waals surface area contributed by atoms with E-state index in [4.69, 9.17) is 10.5 Å². The molecule has 0 spiro atoms. The number of nitrogens with zero attached hydrogens (tertiary/aromatic N) is 1. The fraction of sp³-hybridized carbons (Fsp3) is 1.00. The van der Waals surface area contributed by atoms with Gasteiger partial charge in [-0.2, -0.15) is 0 Å². The van der Waals surface area contributed by atoms with E-state index < -0.39 is 0 Å². The predicted molar refractivity (Wildman–Crippen MR) is 60.6 cm³/mol. The van der Waals surface area contributed by atoms with Crippen molar-refractivity contribution in [3.05, 3.63) is 0 Å². The maximum Gasteiger partial charge on any atom is 0.0594 e. The molecule has 0 bridgehead atoms. The Kier molecular flexibility index (Phi) is 5.53. The minimum atomic E-state index is 0.177. The van der Waals surface area contributed by atoms with Crippen molar-refractivity contribution >= 4 is 0 Å². The van der Waals surface area contributed by atoms with E-state index in [1.54, 1.807) is 0 Å². The molecule has 1 aliphatic rings. The van der Waals surface area contributed by atoms with E-state index in [1.807, 2.05) is 0 Å². The number of nitrogens with two attached hydrogens (primary N) is 1. The van der Waals surface area contributed by atoms with Gasteiger partial charge in [-0.05, 0) is 12.5 Å². The number of aliphatic hydroxyl groups excluding tert-OH is 1. The van der Waals surface area contributed by atoms with Gasteiger partial charge < -0.3 is 15.6 Å². The highest BCUT2D eigenvalue weighted by Crippen LogP contribution is 2.20. The zero-order valence-corrected chi connectivity index (χ0v) is 9.85. The Morgan fingerprint density at radius 1 is 1.33 bits per heavy atom. The molecule has 0 unspecified atom stereocenters. The van der Waals surface area contributed by atoms with E-state index in [1.165, 1.54) is 0 Å². The van der Waals surface area contributed by atoms with Crippen LogP contribution in [-0.4, -0.2) is 55.5 Å². The molecule has 0 aromatic heterocycles. The summed E-state index contributed by atoms with van der Waals surface area (Å²) in [6.07, 6.45) is 0. The van der Waals surface area contributed by atoms with Crippen molar-refractivity contribution in [1.82, 2.24) is 4.90 Å². The van der Waals surface area contributed by atoms with Crippen LogP contribution in [-0.2, 0) is 4.74 Å². The maximum absolute atomic E-state index is 9.34. The number of aliphatic hydroxyl groups is 1. The standard InChI is InChI=1S/C11H24N2O2/c1-9(2)11(10(7-12)8-14)13-3-5-15-6-4-13/h9-11,14H,3-8,12H2,1-2H3/t10-,11-/m0/s1. The van der Waals surface area contributed by atoms with Gasteiger partial charge in [0, 0.05) is 31.7 Å². The zero-order valence-electron chi connectivity index (χ0n) is 9.85. The van der Waals surface area contributed by atoms with Crippen molar-refractivity contribution in [2.75, 3.05) is 39.5 Å². The van der Waals surface area contributed by atoms with Gasteiger partial charge in [-0.25, -0.2) is 0 Å². The summed E-state index contributed by atoms with van der Waals surface area (Å²) >= 11 is 0. The first kappa shape index (κ1) is 12.9. The Labute approximate surface area is 92.4 Å². The molecule has 3 N–H and O–H groups in total. The fourth-order valence-electron chi connectivity index (χ4n) is 2.46. The van der Waals surface area contributed by atoms with Crippen LogP contribution in [0.2, 0.25) is 0 Å². The van der Waals surface area contributed by atoms with E-state index in [9.17, 15) is 5.11 Å². The van der Waals surface area contributed by atoms with Gasteiger partial charge in [-0.3, -0.25) is 4.90 Å². The van der Waals surface area contributed by atoms with E-state index in [0.29, 0.717) is 18.5 Å². The van der Waals surface area contributed by atoms with Crippen molar-refractivity contribution in [3.8, 4) is 0 Å². The van der Waals surface area contributed by atoms with Gasteiger partial charge in [0.05, 0.1) is 13.2 Å². The highest BCUT2D eigenvalue weighted by Gasteiger charge is 2.29. The monoisotopic (exact) mass is 216 g/mol. The van der Waals surface area contributed by atoms with Crippen LogP contribution in [0.3, 0.4) is 0 Å². The van der Waals surface area contributed by atoms with Crippen molar-refractivity contribution in [3.63, 3.8) is 0 Å². The molecular formula is C11H24N2O2. The third kappa shape index (κ3) is 3.41.